The molecule has 2 N–H and O–H groups in total. The predicted octanol–water partition coefficient (Wildman–Crippen LogP) is 2.95. The number of thiazole rings is 1. The first kappa shape index (κ1) is 23.3. The average Bonchev–Trinajstić information content (AvgIpc) is 3.21. The number of anilines is 2. The van der Waals surface area contributed by atoms with Crippen LogP contribution in [0.15, 0.2) is 23.6 Å². The lowest BCUT2D eigenvalue weighted by molar-refractivity contribution is -0.115. The van der Waals surface area contributed by atoms with E-state index in [0.717, 1.165) is 5.56 Å². The summed E-state index contributed by atoms with van der Waals surface area (Å²) in [5, 5.41) is 7.73. The summed E-state index contributed by atoms with van der Waals surface area (Å²) in [6, 6.07) is 5.24. The van der Waals surface area contributed by atoms with E-state index in [2.05, 4.69) is 15.6 Å². The van der Waals surface area contributed by atoms with Crippen LogP contribution in [0, 0.1) is 6.92 Å². The van der Waals surface area contributed by atoms with Crippen LogP contribution in [-0.2, 0) is 16.0 Å². The Kier molecular flexibility index (Phi) is 7.87. The van der Waals surface area contributed by atoms with Gasteiger partial charge in [0.15, 0.2) is 5.13 Å². The van der Waals surface area contributed by atoms with Crippen LogP contribution in [0.1, 0.15) is 18.2 Å². The minimum atomic E-state index is -0.362. The molecule has 3 rings (SSSR count). The Bertz CT molecular complexity index is 971. The van der Waals surface area contributed by atoms with Gasteiger partial charge in [-0.05, 0) is 31.5 Å². The van der Waals surface area contributed by atoms with Gasteiger partial charge in [-0.25, -0.2) is 14.6 Å². The Hall–Kier alpha value is -3.34. The van der Waals surface area contributed by atoms with Crippen LogP contribution < -0.4 is 15.4 Å². The molecule has 10 nitrogen and oxygen atoms in total. The third-order valence-corrected chi connectivity index (χ3v) is 5.64. The van der Waals surface area contributed by atoms with Crippen molar-refractivity contribution in [1.29, 1.82) is 0 Å². The number of hydrogen-bond donors (Lipinski definition) is 2. The third kappa shape index (κ3) is 6.10. The van der Waals surface area contributed by atoms with E-state index in [0.29, 0.717) is 55.0 Å². The Morgan fingerprint density at radius 1 is 1.12 bits per heavy atom. The van der Waals surface area contributed by atoms with E-state index in [1.807, 2.05) is 19.1 Å². The summed E-state index contributed by atoms with van der Waals surface area (Å²) in [6.45, 7) is 5.66. The average molecular weight is 462 g/mol. The fourth-order valence-corrected chi connectivity index (χ4v) is 3.88. The summed E-state index contributed by atoms with van der Waals surface area (Å²) < 4.78 is 10.3. The van der Waals surface area contributed by atoms with Crippen LogP contribution >= 0.6 is 11.3 Å². The number of nitrogens with zero attached hydrogens (tertiary/aromatic N) is 3. The van der Waals surface area contributed by atoms with Gasteiger partial charge in [-0.15, -0.1) is 11.3 Å². The van der Waals surface area contributed by atoms with Crippen molar-refractivity contribution in [3.8, 4) is 5.75 Å². The van der Waals surface area contributed by atoms with Gasteiger partial charge >= 0.3 is 12.1 Å². The molecule has 0 aliphatic carbocycles. The van der Waals surface area contributed by atoms with Crippen molar-refractivity contribution in [3.05, 3.63) is 34.8 Å². The van der Waals surface area contributed by atoms with Crippen LogP contribution in [0.5, 0.6) is 5.75 Å². The van der Waals surface area contributed by atoms with E-state index in [1.165, 1.54) is 11.3 Å². The van der Waals surface area contributed by atoms with Crippen LogP contribution in [0.25, 0.3) is 0 Å². The summed E-state index contributed by atoms with van der Waals surface area (Å²) >= 11 is 1.25. The van der Waals surface area contributed by atoms with Gasteiger partial charge in [0.2, 0.25) is 5.91 Å². The monoisotopic (exact) mass is 461 g/mol. The van der Waals surface area contributed by atoms with Gasteiger partial charge in [-0.2, -0.15) is 0 Å². The maximum absolute atomic E-state index is 12.5. The quantitative estimate of drug-likeness (QED) is 0.684. The summed E-state index contributed by atoms with van der Waals surface area (Å²) in [4.78, 5) is 44.2. The third-order valence-electron chi connectivity index (χ3n) is 4.83. The van der Waals surface area contributed by atoms with Crippen molar-refractivity contribution in [2.24, 2.45) is 0 Å². The number of methoxy groups -OCH3 is 1. The SMILES string of the molecule is CCOC(=O)N1CCN(C(=O)Nc2nc(CC(=O)Nc3ccc(C)cc3OC)cs2)CC1. The molecule has 4 amide bonds. The van der Waals surface area contributed by atoms with E-state index in [-0.39, 0.29) is 24.5 Å². The molecule has 1 aliphatic heterocycles. The number of aryl methyl sites for hydroxylation is 1. The molecule has 2 heterocycles. The molecule has 0 saturated carbocycles. The molecule has 1 aromatic heterocycles. The molecule has 2 aromatic rings. The zero-order valence-corrected chi connectivity index (χ0v) is 19.2. The van der Waals surface area contributed by atoms with Gasteiger partial charge in [0.05, 0.1) is 31.5 Å². The zero-order valence-electron chi connectivity index (χ0n) is 18.3. The highest BCUT2D eigenvalue weighted by atomic mass is 32.1. The molecule has 0 atom stereocenters. The number of aromatic nitrogens is 1. The number of amides is 4. The van der Waals surface area contributed by atoms with E-state index in [1.54, 1.807) is 35.3 Å². The number of hydrogen-bond acceptors (Lipinski definition) is 7. The summed E-state index contributed by atoms with van der Waals surface area (Å²) in [5.74, 6) is 0.359. The molecule has 1 saturated heterocycles. The van der Waals surface area contributed by atoms with Crippen LogP contribution in [0.4, 0.5) is 20.4 Å². The second-order valence-corrected chi connectivity index (χ2v) is 8.03. The highest BCUT2D eigenvalue weighted by Crippen LogP contribution is 2.25. The van der Waals surface area contributed by atoms with Crippen molar-refractivity contribution in [3.63, 3.8) is 0 Å². The highest BCUT2D eigenvalue weighted by molar-refractivity contribution is 7.13. The molecule has 172 valence electrons. The summed E-state index contributed by atoms with van der Waals surface area (Å²) in [7, 11) is 1.55. The molecule has 0 unspecified atom stereocenters. The van der Waals surface area contributed by atoms with Crippen molar-refractivity contribution in [2.75, 3.05) is 50.5 Å². The Balaban J connectivity index is 1.49. The Morgan fingerprint density at radius 2 is 1.84 bits per heavy atom. The van der Waals surface area contributed by atoms with E-state index in [4.69, 9.17) is 9.47 Å². The van der Waals surface area contributed by atoms with Crippen LogP contribution in [0.3, 0.4) is 0 Å². The van der Waals surface area contributed by atoms with Crippen molar-refractivity contribution >= 4 is 40.2 Å². The number of benzene rings is 1. The maximum Gasteiger partial charge on any atom is 0.409 e. The smallest absolute Gasteiger partial charge is 0.409 e. The Morgan fingerprint density at radius 3 is 2.53 bits per heavy atom. The van der Waals surface area contributed by atoms with Gasteiger partial charge in [0, 0.05) is 31.6 Å². The minimum absolute atomic E-state index is 0.0710. The second-order valence-electron chi connectivity index (χ2n) is 7.18. The van der Waals surface area contributed by atoms with Crippen LogP contribution in [-0.4, -0.2) is 72.7 Å². The van der Waals surface area contributed by atoms with E-state index >= 15 is 0 Å². The summed E-state index contributed by atoms with van der Waals surface area (Å²) in [6.07, 6.45) is -0.291. The Labute approximate surface area is 190 Å². The first-order valence-electron chi connectivity index (χ1n) is 10.3. The molecule has 11 heteroatoms. The van der Waals surface area contributed by atoms with Crippen LogP contribution in [0.2, 0.25) is 0 Å². The second kappa shape index (κ2) is 10.8. The lowest BCUT2D eigenvalue weighted by Gasteiger charge is -2.33. The molecular weight excluding hydrogens is 434 g/mol. The van der Waals surface area contributed by atoms with Gasteiger partial charge in [-0.3, -0.25) is 10.1 Å². The normalized spacial score (nSPS) is 13.5. The van der Waals surface area contributed by atoms with Gasteiger partial charge in [-0.1, -0.05) is 6.07 Å². The molecule has 0 spiro atoms. The lowest BCUT2D eigenvalue weighted by Crippen LogP contribution is -2.51. The topological polar surface area (TPSA) is 113 Å². The van der Waals surface area contributed by atoms with Crippen molar-refractivity contribution < 1.29 is 23.9 Å². The number of piperazine rings is 1. The first-order valence-corrected chi connectivity index (χ1v) is 11.1. The fourth-order valence-electron chi connectivity index (χ4n) is 3.18. The van der Waals surface area contributed by atoms with Crippen molar-refractivity contribution in [2.45, 2.75) is 20.3 Å². The summed E-state index contributed by atoms with van der Waals surface area (Å²) in [5.41, 5.74) is 2.18. The number of ether oxygens (including phenoxy) is 2. The number of urea groups is 1. The lowest BCUT2D eigenvalue weighted by atomic mass is 10.2. The molecule has 0 radical (unpaired) electrons. The van der Waals surface area contributed by atoms with Gasteiger partial charge in [0.1, 0.15) is 5.75 Å². The predicted molar refractivity (Wildman–Crippen MR) is 121 cm³/mol. The number of rotatable bonds is 6. The highest BCUT2D eigenvalue weighted by Gasteiger charge is 2.25. The van der Waals surface area contributed by atoms with Gasteiger partial charge in [0.25, 0.3) is 0 Å². The molecule has 1 aromatic carbocycles. The maximum atomic E-state index is 12.5. The zero-order chi connectivity index (χ0) is 23.1. The standard InChI is InChI=1S/C21H27N5O5S/c1-4-31-21(29)26-9-7-25(8-10-26)20(28)24-19-22-15(13-32-19)12-18(27)23-16-6-5-14(2)11-17(16)30-3/h5-6,11,13H,4,7-10,12H2,1-3H3,(H,23,27)(H,22,24,28). The number of nitrogens with one attached hydrogen (secondary N) is 2. The molecule has 0 bridgehead atoms. The number of carbonyl (C=O) groups is 3. The fraction of sp³-hybridized carbons (Fsp3) is 0.429. The van der Waals surface area contributed by atoms with E-state index in [9.17, 15) is 14.4 Å². The molecule has 1 aliphatic rings. The molecular formula is C21H27N5O5S. The molecule has 1 fully saturated rings. The minimum Gasteiger partial charge on any atom is -0.495 e. The number of carbonyl (C=O) groups excluding carboxylic acids is 3. The first-order chi connectivity index (χ1) is 15.4. The van der Waals surface area contributed by atoms with Crippen molar-refractivity contribution in [1.82, 2.24) is 14.8 Å². The largest absolute Gasteiger partial charge is 0.495 e. The van der Waals surface area contributed by atoms with Gasteiger partial charge < -0.3 is 24.6 Å². The molecule has 32 heavy (non-hydrogen) atoms. The van der Waals surface area contributed by atoms with E-state index < -0.39 is 0 Å².